The first-order chi connectivity index (χ1) is 15.2. The number of oxime groups is 1. The summed E-state index contributed by atoms with van der Waals surface area (Å²) < 4.78 is 3.99. The zero-order valence-corrected chi connectivity index (χ0v) is 18.6. The average molecular weight is 495 g/mol. The van der Waals surface area contributed by atoms with Crippen molar-refractivity contribution >= 4 is 63.5 Å². The van der Waals surface area contributed by atoms with Crippen molar-refractivity contribution in [2.45, 2.75) is 23.6 Å². The van der Waals surface area contributed by atoms with E-state index in [0.29, 0.717) is 10.8 Å². The van der Waals surface area contributed by atoms with Crippen LogP contribution in [-0.2, 0) is 14.4 Å². The molecule has 1 fully saturated rings. The predicted octanol–water partition coefficient (Wildman–Crippen LogP) is 1.31. The van der Waals surface area contributed by atoms with Crippen LogP contribution in [-0.4, -0.2) is 59.5 Å². The number of carbonyl (C=O) groups is 3. The number of benzene rings is 1. The van der Waals surface area contributed by atoms with E-state index >= 15 is 0 Å². The van der Waals surface area contributed by atoms with Gasteiger partial charge in [0.2, 0.25) is 11.5 Å². The fourth-order valence-electron chi connectivity index (χ4n) is 3.05. The van der Waals surface area contributed by atoms with E-state index in [1.807, 2.05) is 0 Å². The standard InChI is InChI=1S/C18H15ClN6O5S2/c1-7-6-10(17(28)29)25-15(27)12(16(25)31-7)21-14(26)11(13-22-18(20)32-24-13)23-30-9-4-2-8(19)3-5-9/h2-7,12,16H,1H3,(H,21,26)(H,28,29)(H2,20,22,24)/b23-11+. The molecule has 166 valence electrons. The van der Waals surface area contributed by atoms with E-state index in [1.165, 1.54) is 17.8 Å². The smallest absolute Gasteiger partial charge is 0.352 e. The fourth-order valence-corrected chi connectivity index (χ4v) is 4.94. The summed E-state index contributed by atoms with van der Waals surface area (Å²) >= 11 is 8.06. The number of anilines is 1. The molecule has 0 spiro atoms. The van der Waals surface area contributed by atoms with Gasteiger partial charge in [0.1, 0.15) is 17.1 Å². The summed E-state index contributed by atoms with van der Waals surface area (Å²) in [6, 6.07) is 5.33. The second kappa shape index (κ2) is 8.76. The normalized spacial score (nSPS) is 22.5. The Balaban J connectivity index is 1.55. The van der Waals surface area contributed by atoms with Crippen LogP contribution in [0.5, 0.6) is 5.75 Å². The van der Waals surface area contributed by atoms with E-state index in [2.05, 4.69) is 19.8 Å². The second-order valence-electron chi connectivity index (χ2n) is 6.69. The molecule has 4 N–H and O–H groups in total. The van der Waals surface area contributed by atoms with Gasteiger partial charge < -0.3 is 21.0 Å². The first-order valence-corrected chi connectivity index (χ1v) is 11.2. The molecular formula is C18H15ClN6O5S2. The molecule has 2 aliphatic heterocycles. The minimum absolute atomic E-state index is 0.0709. The highest BCUT2D eigenvalue weighted by molar-refractivity contribution is 8.00. The van der Waals surface area contributed by atoms with Crippen LogP contribution in [0.2, 0.25) is 5.02 Å². The zero-order valence-electron chi connectivity index (χ0n) is 16.3. The maximum absolute atomic E-state index is 13.0. The molecule has 1 aromatic heterocycles. The largest absolute Gasteiger partial charge is 0.477 e. The first-order valence-electron chi connectivity index (χ1n) is 9.09. The summed E-state index contributed by atoms with van der Waals surface area (Å²) in [5, 5.41) is 15.7. The van der Waals surface area contributed by atoms with Crippen molar-refractivity contribution in [1.29, 1.82) is 0 Å². The summed E-state index contributed by atoms with van der Waals surface area (Å²) in [4.78, 5) is 47.5. The molecule has 4 rings (SSSR count). The Kier molecular flexibility index (Phi) is 6.04. The lowest BCUT2D eigenvalue weighted by molar-refractivity contribution is -0.150. The van der Waals surface area contributed by atoms with Gasteiger partial charge in [0.25, 0.3) is 11.8 Å². The third kappa shape index (κ3) is 4.26. The zero-order chi connectivity index (χ0) is 23.0. The van der Waals surface area contributed by atoms with Crippen LogP contribution >= 0.6 is 34.9 Å². The van der Waals surface area contributed by atoms with Gasteiger partial charge in [-0.2, -0.15) is 9.36 Å². The van der Waals surface area contributed by atoms with Crippen molar-refractivity contribution in [3.63, 3.8) is 0 Å². The van der Waals surface area contributed by atoms with Crippen molar-refractivity contribution in [3.8, 4) is 5.75 Å². The third-order valence-electron chi connectivity index (χ3n) is 4.48. The maximum atomic E-state index is 13.0. The lowest BCUT2D eigenvalue weighted by atomic mass is 10.0. The molecule has 11 nitrogen and oxygen atoms in total. The molecule has 32 heavy (non-hydrogen) atoms. The van der Waals surface area contributed by atoms with Gasteiger partial charge in [-0.05, 0) is 37.3 Å². The summed E-state index contributed by atoms with van der Waals surface area (Å²) in [6.45, 7) is 1.81. The van der Waals surface area contributed by atoms with Gasteiger partial charge in [-0.1, -0.05) is 16.8 Å². The highest BCUT2D eigenvalue weighted by atomic mass is 35.5. The molecule has 2 amide bonds. The number of β-lactam (4-membered cyclic amide) rings is 1. The number of amides is 2. The number of carbonyl (C=O) groups excluding carboxylic acids is 2. The third-order valence-corrected chi connectivity index (χ3v) is 6.60. The van der Waals surface area contributed by atoms with Crippen LogP contribution in [0.15, 0.2) is 41.2 Å². The highest BCUT2D eigenvalue weighted by Gasteiger charge is 2.54. The topological polar surface area (TPSA) is 160 Å². The van der Waals surface area contributed by atoms with Crippen molar-refractivity contribution in [1.82, 2.24) is 19.6 Å². The quantitative estimate of drug-likeness (QED) is 0.305. The predicted molar refractivity (Wildman–Crippen MR) is 118 cm³/mol. The monoisotopic (exact) mass is 494 g/mol. The van der Waals surface area contributed by atoms with Crippen LogP contribution in [0.4, 0.5) is 5.13 Å². The number of nitrogen functional groups attached to an aromatic ring is 1. The number of nitrogens with zero attached hydrogens (tertiary/aromatic N) is 4. The molecule has 3 heterocycles. The molecule has 0 aliphatic carbocycles. The Morgan fingerprint density at radius 3 is 2.69 bits per heavy atom. The number of carboxylic acid groups (broad SMARTS) is 1. The van der Waals surface area contributed by atoms with E-state index in [1.54, 1.807) is 31.2 Å². The number of aromatic nitrogens is 2. The molecule has 3 atom stereocenters. The number of thioether (sulfide) groups is 1. The average Bonchev–Trinajstić information content (AvgIpc) is 3.18. The molecular weight excluding hydrogens is 480 g/mol. The number of halogens is 1. The molecule has 0 bridgehead atoms. The van der Waals surface area contributed by atoms with Crippen LogP contribution in [0.25, 0.3) is 0 Å². The minimum Gasteiger partial charge on any atom is -0.477 e. The van der Waals surface area contributed by atoms with Crippen LogP contribution in [0, 0.1) is 0 Å². The minimum atomic E-state index is -1.21. The molecule has 2 aromatic rings. The second-order valence-corrected chi connectivity index (χ2v) is 9.41. The van der Waals surface area contributed by atoms with Crippen molar-refractivity contribution in [2.24, 2.45) is 5.16 Å². The Morgan fingerprint density at radius 2 is 2.06 bits per heavy atom. The summed E-state index contributed by atoms with van der Waals surface area (Å²) in [5.41, 5.74) is 5.23. The van der Waals surface area contributed by atoms with Gasteiger partial charge in [-0.25, -0.2) is 4.79 Å². The van der Waals surface area contributed by atoms with Crippen molar-refractivity contribution in [2.75, 3.05) is 5.73 Å². The molecule has 2 aliphatic rings. The van der Waals surface area contributed by atoms with Gasteiger partial charge in [0.15, 0.2) is 10.9 Å². The number of carboxylic acids is 1. The fraction of sp³-hybridized carbons (Fsp3) is 0.222. The molecule has 1 saturated heterocycles. The van der Waals surface area contributed by atoms with Crippen molar-refractivity contribution < 1.29 is 24.3 Å². The Labute approximate surface area is 194 Å². The summed E-state index contributed by atoms with van der Waals surface area (Å²) in [5.74, 6) is -2.28. The van der Waals surface area contributed by atoms with Crippen molar-refractivity contribution in [3.05, 3.63) is 46.9 Å². The van der Waals surface area contributed by atoms with E-state index in [4.69, 9.17) is 22.2 Å². The number of hydrogen-bond acceptors (Lipinski definition) is 10. The number of nitrogens with one attached hydrogen (secondary N) is 1. The van der Waals surface area contributed by atoms with Crippen LogP contribution < -0.4 is 15.9 Å². The van der Waals surface area contributed by atoms with Crippen LogP contribution in [0.1, 0.15) is 12.7 Å². The van der Waals surface area contributed by atoms with Gasteiger partial charge in [0.05, 0.1) is 0 Å². The number of aliphatic carboxylic acids is 1. The lowest BCUT2D eigenvalue weighted by Gasteiger charge is -2.49. The number of hydrogen-bond donors (Lipinski definition) is 3. The number of fused-ring (bicyclic) bond motifs is 1. The van der Waals surface area contributed by atoms with Gasteiger partial charge >= 0.3 is 5.97 Å². The Bertz CT molecular complexity index is 1150. The number of rotatable bonds is 6. The molecule has 0 saturated carbocycles. The molecule has 3 unspecified atom stereocenters. The SMILES string of the molecule is CC1C=C(C(=O)O)N2C(=O)C(NC(=O)/C(=N/Oc3ccc(Cl)cc3)c3nsc(N)n3)C2S1. The number of nitrogens with two attached hydrogens (primary N) is 1. The lowest BCUT2D eigenvalue weighted by Crippen LogP contribution is -2.71. The Hall–Kier alpha value is -3.16. The summed E-state index contributed by atoms with van der Waals surface area (Å²) in [6.07, 6.45) is 1.49. The summed E-state index contributed by atoms with van der Waals surface area (Å²) in [7, 11) is 0. The molecule has 0 radical (unpaired) electrons. The first kappa shape index (κ1) is 22.0. The highest BCUT2D eigenvalue weighted by Crippen LogP contribution is 2.40. The van der Waals surface area contributed by atoms with E-state index in [-0.39, 0.29) is 27.6 Å². The Morgan fingerprint density at radius 1 is 1.34 bits per heavy atom. The van der Waals surface area contributed by atoms with Gasteiger partial charge in [-0.15, -0.1) is 11.8 Å². The van der Waals surface area contributed by atoms with Crippen LogP contribution in [0.3, 0.4) is 0 Å². The molecule has 14 heteroatoms. The van der Waals surface area contributed by atoms with E-state index in [0.717, 1.165) is 16.4 Å². The molecule has 1 aromatic carbocycles. The van der Waals surface area contributed by atoms with E-state index in [9.17, 15) is 19.5 Å². The van der Waals surface area contributed by atoms with Gasteiger partial charge in [-0.3, -0.25) is 14.5 Å². The maximum Gasteiger partial charge on any atom is 0.352 e. The van der Waals surface area contributed by atoms with Gasteiger partial charge in [0, 0.05) is 21.8 Å². The van der Waals surface area contributed by atoms with E-state index < -0.39 is 29.2 Å².